The Morgan fingerprint density at radius 3 is 2.58 bits per heavy atom. The van der Waals surface area contributed by atoms with Crippen molar-refractivity contribution in [3.63, 3.8) is 0 Å². The maximum Gasteiger partial charge on any atom is 0.180 e. The first-order valence-electron chi connectivity index (χ1n) is 7.16. The van der Waals surface area contributed by atoms with Gasteiger partial charge in [-0.1, -0.05) is 20.8 Å². The topological polar surface area (TPSA) is 39.2 Å². The molecule has 1 saturated carbocycles. The average Bonchev–Trinajstić information content (AvgIpc) is 2.41. The Kier molecular flexibility index (Phi) is 4.23. The van der Waals surface area contributed by atoms with Gasteiger partial charge in [0, 0.05) is 6.42 Å². The molecule has 0 aliphatic heterocycles. The molecule has 3 heteroatoms. The molecule has 3 nitrogen and oxygen atoms in total. The molecule has 0 radical (unpaired) electrons. The highest BCUT2D eigenvalue weighted by atomic mass is 16.5. The van der Waals surface area contributed by atoms with Crippen LogP contribution >= 0.6 is 0 Å². The van der Waals surface area contributed by atoms with E-state index in [0.717, 1.165) is 18.6 Å². The first-order valence-corrected chi connectivity index (χ1v) is 7.16. The van der Waals surface area contributed by atoms with Crippen molar-refractivity contribution in [3.8, 4) is 5.75 Å². The van der Waals surface area contributed by atoms with Crippen LogP contribution in [-0.2, 0) is 0 Å². The number of hydrogen-bond acceptors (Lipinski definition) is 3. The summed E-state index contributed by atoms with van der Waals surface area (Å²) in [6.45, 7) is 6.48. The van der Waals surface area contributed by atoms with Gasteiger partial charge in [-0.05, 0) is 43.2 Å². The third-order valence-electron chi connectivity index (χ3n) is 3.93. The third kappa shape index (κ3) is 3.79. The summed E-state index contributed by atoms with van der Waals surface area (Å²) in [7, 11) is 0. The summed E-state index contributed by atoms with van der Waals surface area (Å²) in [5.41, 5.74) is 0.981. The van der Waals surface area contributed by atoms with Crippen molar-refractivity contribution < 1.29 is 9.53 Å². The molecule has 2 rings (SSSR count). The predicted octanol–water partition coefficient (Wildman–Crippen LogP) is 4.02. The second kappa shape index (κ2) is 5.72. The molecule has 0 N–H and O–H groups in total. The lowest BCUT2D eigenvalue weighted by molar-refractivity contribution is 0.0971. The van der Waals surface area contributed by atoms with Crippen LogP contribution in [0.4, 0.5) is 0 Å². The number of Topliss-reactive ketones (excluding diaryl/α,β-unsaturated/α-hetero) is 1. The highest BCUT2D eigenvalue weighted by molar-refractivity contribution is 5.93. The number of carbonyl (C=O) groups is 1. The number of nitrogens with zero attached hydrogens (tertiary/aromatic N) is 1. The van der Waals surface area contributed by atoms with Crippen LogP contribution < -0.4 is 4.74 Å². The lowest BCUT2D eigenvalue weighted by atomic mass is 9.76. The quantitative estimate of drug-likeness (QED) is 0.768. The van der Waals surface area contributed by atoms with E-state index in [1.807, 2.05) is 13.0 Å². The molecule has 0 unspecified atom stereocenters. The Morgan fingerprint density at radius 1 is 1.37 bits per heavy atom. The van der Waals surface area contributed by atoms with Crippen LogP contribution in [0, 0.1) is 5.41 Å². The molecular weight excluding hydrogens is 238 g/mol. The molecule has 1 heterocycles. The van der Waals surface area contributed by atoms with Crippen LogP contribution in [0.25, 0.3) is 0 Å². The molecule has 0 amide bonds. The molecule has 1 aliphatic rings. The van der Waals surface area contributed by atoms with Gasteiger partial charge in [0.05, 0.1) is 12.3 Å². The van der Waals surface area contributed by atoms with Gasteiger partial charge in [0.1, 0.15) is 11.4 Å². The van der Waals surface area contributed by atoms with Crippen LogP contribution in [0.1, 0.15) is 63.4 Å². The van der Waals surface area contributed by atoms with E-state index in [9.17, 15) is 4.79 Å². The number of ether oxygens (including phenoxy) is 1. The van der Waals surface area contributed by atoms with Gasteiger partial charge in [-0.15, -0.1) is 0 Å². The zero-order valence-electron chi connectivity index (χ0n) is 12.1. The van der Waals surface area contributed by atoms with Crippen molar-refractivity contribution in [2.24, 2.45) is 5.41 Å². The normalized spacial score (nSPS) is 19.1. The smallest absolute Gasteiger partial charge is 0.180 e. The first-order chi connectivity index (χ1) is 9.00. The van der Waals surface area contributed by atoms with Gasteiger partial charge in [-0.3, -0.25) is 4.79 Å². The number of pyridine rings is 1. The largest absolute Gasteiger partial charge is 0.489 e. The van der Waals surface area contributed by atoms with Gasteiger partial charge in [0.2, 0.25) is 0 Å². The van der Waals surface area contributed by atoms with Crippen molar-refractivity contribution in [1.29, 1.82) is 0 Å². The fourth-order valence-corrected chi connectivity index (χ4v) is 2.48. The third-order valence-corrected chi connectivity index (χ3v) is 3.93. The van der Waals surface area contributed by atoms with E-state index in [2.05, 4.69) is 18.8 Å². The lowest BCUT2D eigenvalue weighted by Gasteiger charge is -2.34. The highest BCUT2D eigenvalue weighted by Crippen LogP contribution is 2.36. The van der Waals surface area contributed by atoms with Crippen molar-refractivity contribution in [3.05, 3.63) is 24.0 Å². The van der Waals surface area contributed by atoms with E-state index in [0.29, 0.717) is 23.6 Å². The molecule has 1 aromatic rings. The first kappa shape index (κ1) is 14.0. The maximum absolute atomic E-state index is 11.5. The molecular formula is C16H23NO2. The summed E-state index contributed by atoms with van der Waals surface area (Å²) in [5, 5.41) is 0. The Labute approximate surface area is 115 Å². The molecule has 0 saturated heterocycles. The molecule has 1 aliphatic carbocycles. The van der Waals surface area contributed by atoms with E-state index in [1.165, 1.54) is 12.8 Å². The van der Waals surface area contributed by atoms with Gasteiger partial charge < -0.3 is 4.74 Å². The Balaban J connectivity index is 1.92. The molecule has 1 aromatic heterocycles. The summed E-state index contributed by atoms with van der Waals surface area (Å²) in [4.78, 5) is 15.7. The second-order valence-electron chi connectivity index (χ2n) is 6.14. The average molecular weight is 261 g/mol. The number of ketones is 1. The molecule has 104 valence electrons. The van der Waals surface area contributed by atoms with Gasteiger partial charge in [0.25, 0.3) is 0 Å². The zero-order chi connectivity index (χ0) is 13.9. The second-order valence-corrected chi connectivity index (χ2v) is 6.14. The fraction of sp³-hybridized carbons (Fsp3) is 0.625. The summed E-state index contributed by atoms with van der Waals surface area (Å²) in [6, 6.07) is 3.61. The number of rotatable bonds is 4. The van der Waals surface area contributed by atoms with Crippen LogP contribution in [0.15, 0.2) is 18.3 Å². The minimum Gasteiger partial charge on any atom is -0.489 e. The van der Waals surface area contributed by atoms with Crippen LogP contribution in [0.3, 0.4) is 0 Å². The van der Waals surface area contributed by atoms with Crippen LogP contribution in [-0.4, -0.2) is 16.9 Å². The monoisotopic (exact) mass is 261 g/mol. The Bertz CT molecular complexity index is 427. The fourth-order valence-electron chi connectivity index (χ4n) is 2.48. The lowest BCUT2D eigenvalue weighted by Crippen LogP contribution is -2.28. The minimum absolute atomic E-state index is 0.0750. The van der Waals surface area contributed by atoms with E-state index in [1.54, 1.807) is 12.3 Å². The summed E-state index contributed by atoms with van der Waals surface area (Å²) < 4.78 is 5.94. The molecule has 0 aromatic carbocycles. The van der Waals surface area contributed by atoms with Crippen LogP contribution in [0.2, 0.25) is 0 Å². The molecule has 0 atom stereocenters. The summed E-state index contributed by atoms with van der Waals surface area (Å²) in [6.07, 6.45) is 7.07. The van der Waals surface area contributed by atoms with Gasteiger partial charge in [-0.25, -0.2) is 4.98 Å². The van der Waals surface area contributed by atoms with Crippen molar-refractivity contribution in [1.82, 2.24) is 4.98 Å². The van der Waals surface area contributed by atoms with Crippen molar-refractivity contribution in [2.75, 3.05) is 0 Å². The highest BCUT2D eigenvalue weighted by Gasteiger charge is 2.27. The van der Waals surface area contributed by atoms with E-state index in [4.69, 9.17) is 4.74 Å². The van der Waals surface area contributed by atoms with Gasteiger partial charge in [-0.2, -0.15) is 0 Å². The molecule has 19 heavy (non-hydrogen) atoms. The predicted molar refractivity (Wildman–Crippen MR) is 75.5 cm³/mol. The van der Waals surface area contributed by atoms with Crippen LogP contribution in [0.5, 0.6) is 5.75 Å². The van der Waals surface area contributed by atoms with Crippen molar-refractivity contribution in [2.45, 2.75) is 59.0 Å². The zero-order valence-corrected chi connectivity index (χ0v) is 12.1. The standard InChI is InChI=1S/C16H23NO2/c1-4-15(18)14-6-5-13(11-17-14)19-12-7-9-16(2,3)10-8-12/h5-6,11-12H,4,7-10H2,1-3H3. The van der Waals surface area contributed by atoms with E-state index < -0.39 is 0 Å². The Hall–Kier alpha value is -1.38. The minimum atomic E-state index is 0.0750. The summed E-state index contributed by atoms with van der Waals surface area (Å²) >= 11 is 0. The van der Waals surface area contributed by atoms with Gasteiger partial charge in [0.15, 0.2) is 5.78 Å². The van der Waals surface area contributed by atoms with Crippen molar-refractivity contribution >= 4 is 5.78 Å². The maximum atomic E-state index is 11.5. The Morgan fingerprint density at radius 2 is 2.05 bits per heavy atom. The molecule has 0 spiro atoms. The number of aromatic nitrogens is 1. The molecule has 0 bridgehead atoms. The molecule has 1 fully saturated rings. The number of carbonyl (C=O) groups excluding carboxylic acids is 1. The van der Waals surface area contributed by atoms with E-state index in [-0.39, 0.29) is 5.78 Å². The SMILES string of the molecule is CCC(=O)c1ccc(OC2CCC(C)(C)CC2)cn1. The number of hydrogen-bond donors (Lipinski definition) is 0. The van der Waals surface area contributed by atoms with E-state index >= 15 is 0 Å². The van der Waals surface area contributed by atoms with Gasteiger partial charge >= 0.3 is 0 Å². The summed E-state index contributed by atoms with van der Waals surface area (Å²) in [5.74, 6) is 0.850.